The number of hydrogen-bond acceptors (Lipinski definition) is 6. The van der Waals surface area contributed by atoms with Crippen LogP contribution in [0.25, 0.3) is 0 Å². The van der Waals surface area contributed by atoms with E-state index < -0.39 is 23.3 Å². The van der Waals surface area contributed by atoms with E-state index in [-0.39, 0.29) is 46.7 Å². The first kappa shape index (κ1) is 23.6. The van der Waals surface area contributed by atoms with Crippen LogP contribution in [0.3, 0.4) is 0 Å². The van der Waals surface area contributed by atoms with E-state index in [0.717, 1.165) is 11.3 Å². The Hall–Kier alpha value is -1.35. The molecule has 8 nitrogen and oxygen atoms in total. The predicted molar refractivity (Wildman–Crippen MR) is 94.4 cm³/mol. The van der Waals surface area contributed by atoms with E-state index in [1.165, 1.54) is 13.2 Å². The molecular formula is C16H25N2NaO6. The first-order valence-electron chi connectivity index (χ1n) is 7.33. The van der Waals surface area contributed by atoms with Crippen LogP contribution in [-0.4, -0.2) is 70.0 Å². The number of carboxylic acids is 1. The Morgan fingerprint density at radius 3 is 2.08 bits per heavy atom. The zero-order chi connectivity index (χ0) is 18.7. The first-order valence-corrected chi connectivity index (χ1v) is 7.33. The fourth-order valence-electron chi connectivity index (χ4n) is 1.60. The number of carboxylic acid groups (broad SMARTS) is 1. The third-order valence-electron chi connectivity index (χ3n) is 2.42. The molecule has 0 radical (unpaired) electrons. The quantitative estimate of drug-likeness (QED) is 0.648. The average Bonchev–Trinajstić information content (AvgIpc) is 2.41. The molecule has 0 aromatic carbocycles. The number of carbonyl (C=O) groups excluding carboxylic acids is 1. The second-order valence-corrected chi connectivity index (χ2v) is 7.03. The van der Waals surface area contributed by atoms with Gasteiger partial charge in [-0.2, -0.15) is 0 Å². The van der Waals surface area contributed by atoms with E-state index in [0.29, 0.717) is 0 Å². The van der Waals surface area contributed by atoms with Gasteiger partial charge in [0.15, 0.2) is 5.75 Å². The zero-order valence-electron chi connectivity index (χ0n) is 15.0. The van der Waals surface area contributed by atoms with Gasteiger partial charge in [0, 0.05) is 12.3 Å². The molecule has 0 atom stereocenters. The van der Waals surface area contributed by atoms with Crippen molar-refractivity contribution < 1.29 is 29.0 Å². The van der Waals surface area contributed by atoms with Crippen LogP contribution in [-0.2, 0) is 9.57 Å². The maximum absolute atomic E-state index is 12.5. The second kappa shape index (κ2) is 8.84. The average molecular weight is 364 g/mol. The Labute approximate surface area is 169 Å². The van der Waals surface area contributed by atoms with Crippen molar-refractivity contribution in [3.8, 4) is 5.75 Å². The normalized spacial score (nSPS) is 11.3. The summed E-state index contributed by atoms with van der Waals surface area (Å²) in [7, 11) is 1.34. The van der Waals surface area contributed by atoms with Crippen molar-refractivity contribution in [1.82, 2.24) is 4.98 Å². The number of hydrogen-bond donors (Lipinski definition) is 1. The Bertz CT molecular complexity index is 622. The van der Waals surface area contributed by atoms with Crippen LogP contribution in [0.15, 0.2) is 12.3 Å². The maximum atomic E-state index is 12.5. The molecule has 1 aromatic rings. The molecule has 1 heterocycles. The van der Waals surface area contributed by atoms with E-state index in [1.54, 1.807) is 41.5 Å². The number of hydroxylamine groups is 1. The molecule has 0 saturated heterocycles. The molecule has 0 aliphatic heterocycles. The fourth-order valence-corrected chi connectivity index (χ4v) is 1.60. The van der Waals surface area contributed by atoms with Gasteiger partial charge in [-0.15, -0.1) is 5.06 Å². The molecule has 0 aliphatic carbocycles. The number of nitrogens with zero attached hydrogens (tertiary/aromatic N) is 2. The van der Waals surface area contributed by atoms with Crippen molar-refractivity contribution in [1.29, 1.82) is 0 Å². The number of pyridine rings is 1. The number of aromatic nitrogens is 1. The minimum atomic E-state index is -1.16. The van der Waals surface area contributed by atoms with E-state index in [4.69, 9.17) is 19.4 Å². The van der Waals surface area contributed by atoms with Crippen molar-refractivity contribution in [2.75, 3.05) is 12.2 Å². The third kappa shape index (κ3) is 7.60. The van der Waals surface area contributed by atoms with Gasteiger partial charge >= 0.3 is 41.6 Å². The van der Waals surface area contributed by atoms with Crippen LogP contribution in [0, 0.1) is 0 Å². The molecule has 0 spiro atoms. The zero-order valence-corrected chi connectivity index (χ0v) is 15.0. The minimum absolute atomic E-state index is 0. The molecule has 0 fully saturated rings. The van der Waals surface area contributed by atoms with Gasteiger partial charge in [-0.3, -0.25) is 4.84 Å². The van der Waals surface area contributed by atoms with Gasteiger partial charge in [0.2, 0.25) is 5.82 Å². The molecule has 0 saturated carbocycles. The Balaban J connectivity index is 0.00000576. The van der Waals surface area contributed by atoms with E-state index in [9.17, 15) is 9.59 Å². The SMILES string of the molecule is COc1cc(C(=O)O)cnc1N(OC(C)(C)C)C(=O)OC(C)(C)C.[NaH]. The Kier molecular flexibility index (Phi) is 8.37. The van der Waals surface area contributed by atoms with Crippen LogP contribution in [0.4, 0.5) is 10.6 Å². The number of aromatic carboxylic acids is 1. The summed E-state index contributed by atoms with van der Waals surface area (Å²) >= 11 is 0. The van der Waals surface area contributed by atoms with Crippen molar-refractivity contribution in [2.24, 2.45) is 0 Å². The van der Waals surface area contributed by atoms with Crippen LogP contribution in [0.5, 0.6) is 5.75 Å². The monoisotopic (exact) mass is 364 g/mol. The van der Waals surface area contributed by atoms with Gasteiger partial charge in [0.1, 0.15) is 5.60 Å². The van der Waals surface area contributed by atoms with Crippen LogP contribution < -0.4 is 9.80 Å². The van der Waals surface area contributed by atoms with Gasteiger partial charge < -0.3 is 14.6 Å². The topological polar surface area (TPSA) is 98.2 Å². The molecule has 1 aromatic heterocycles. The third-order valence-corrected chi connectivity index (χ3v) is 2.42. The number of methoxy groups -OCH3 is 1. The summed E-state index contributed by atoms with van der Waals surface area (Å²) < 4.78 is 10.5. The molecule has 1 rings (SSSR count). The Morgan fingerprint density at radius 1 is 1.12 bits per heavy atom. The van der Waals surface area contributed by atoms with Crippen molar-refractivity contribution in [3.05, 3.63) is 17.8 Å². The molecule has 136 valence electrons. The molecule has 0 unspecified atom stereocenters. The van der Waals surface area contributed by atoms with E-state index >= 15 is 0 Å². The number of carbonyl (C=O) groups is 2. The first-order chi connectivity index (χ1) is 10.8. The molecule has 0 aliphatic rings. The second-order valence-electron chi connectivity index (χ2n) is 7.03. The Morgan fingerprint density at radius 2 is 1.68 bits per heavy atom. The van der Waals surface area contributed by atoms with Gasteiger partial charge in [-0.05, 0) is 41.5 Å². The van der Waals surface area contributed by atoms with Crippen molar-refractivity contribution in [3.63, 3.8) is 0 Å². The summed E-state index contributed by atoms with van der Waals surface area (Å²) in [5, 5.41) is 9.92. The summed E-state index contributed by atoms with van der Waals surface area (Å²) in [5.74, 6) is -1.08. The molecule has 9 heteroatoms. The fraction of sp³-hybridized carbons (Fsp3) is 0.562. The molecule has 25 heavy (non-hydrogen) atoms. The molecule has 1 amide bonds. The van der Waals surface area contributed by atoms with Crippen molar-refractivity contribution >= 4 is 47.4 Å². The summed E-state index contributed by atoms with van der Waals surface area (Å²) in [6.07, 6.45) is 0.329. The molecule has 0 bridgehead atoms. The summed E-state index contributed by atoms with van der Waals surface area (Å²) in [6.45, 7) is 10.4. The molecular weight excluding hydrogens is 339 g/mol. The number of anilines is 1. The van der Waals surface area contributed by atoms with Crippen LogP contribution in [0.2, 0.25) is 0 Å². The van der Waals surface area contributed by atoms with Crippen LogP contribution >= 0.6 is 0 Å². The molecule has 1 N–H and O–H groups in total. The number of rotatable bonds is 4. The van der Waals surface area contributed by atoms with Crippen molar-refractivity contribution in [2.45, 2.75) is 52.7 Å². The van der Waals surface area contributed by atoms with Gasteiger partial charge in [-0.25, -0.2) is 14.6 Å². The predicted octanol–water partition coefficient (Wildman–Crippen LogP) is 2.61. The van der Waals surface area contributed by atoms with Crippen LogP contribution in [0.1, 0.15) is 51.9 Å². The van der Waals surface area contributed by atoms with Gasteiger partial charge in [0.05, 0.1) is 18.3 Å². The summed E-state index contributed by atoms with van der Waals surface area (Å²) in [6, 6.07) is 1.26. The number of amides is 1. The summed E-state index contributed by atoms with van der Waals surface area (Å²) in [5.41, 5.74) is -1.55. The van der Waals surface area contributed by atoms with Gasteiger partial charge in [-0.1, -0.05) is 0 Å². The summed E-state index contributed by atoms with van der Waals surface area (Å²) in [4.78, 5) is 33.2. The number of ether oxygens (including phenoxy) is 2. The standard InChI is InChI=1S/C16H24N2O6.Na.H/c1-15(2,3)23-14(21)18(24-16(4,5)6)12-11(22-7)8-10(9-17-12)13(19)20;;/h8-9H,1-7H3,(H,19,20);;. The van der Waals surface area contributed by atoms with E-state index in [2.05, 4.69) is 4.98 Å². The van der Waals surface area contributed by atoms with Gasteiger partial charge in [0.25, 0.3) is 0 Å². The van der Waals surface area contributed by atoms with E-state index in [1.807, 2.05) is 0 Å².